The van der Waals surface area contributed by atoms with Crippen molar-refractivity contribution in [2.75, 3.05) is 6.54 Å². The van der Waals surface area contributed by atoms with Gasteiger partial charge in [-0.25, -0.2) is 0 Å². The highest BCUT2D eigenvalue weighted by Crippen LogP contribution is 2.75. The number of rotatable bonds is 2. The monoisotopic (exact) mass is 301 g/mol. The lowest BCUT2D eigenvalue weighted by molar-refractivity contribution is 0.251. The molecule has 1 rings (SSSR count). The molecule has 0 aromatic carbocycles. The van der Waals surface area contributed by atoms with Crippen LogP contribution in [0.1, 0.15) is 20.3 Å². The van der Waals surface area contributed by atoms with Crippen LogP contribution in [0.2, 0.25) is 0 Å². The quantitative estimate of drug-likeness (QED) is 0.228. The maximum Gasteiger partial charge on any atom is 0.363 e. The molecule has 11 heteroatoms. The molecule has 0 aromatic rings. The summed E-state index contributed by atoms with van der Waals surface area (Å²) in [6.07, 6.45) is -0.450. The van der Waals surface area contributed by atoms with Gasteiger partial charge < -0.3 is 30.2 Å². The molecule has 0 aliphatic carbocycles. The van der Waals surface area contributed by atoms with E-state index in [1.54, 1.807) is 13.8 Å². The molecule has 0 aromatic heterocycles. The third kappa shape index (κ3) is 2.22. The van der Waals surface area contributed by atoms with Crippen LogP contribution in [0.3, 0.4) is 0 Å². The molecule has 1 heterocycles. The van der Waals surface area contributed by atoms with Crippen molar-refractivity contribution in [2.45, 2.75) is 25.3 Å². The van der Waals surface area contributed by atoms with Gasteiger partial charge in [0.2, 0.25) is 5.02 Å². The fraction of sp³-hybridized carbons (Fsp3) is 0.857. The lowest BCUT2D eigenvalue weighted by Crippen LogP contribution is -2.49. The number of guanidine groups is 1. The molecular weight excluding hydrogens is 284 g/mol. The van der Waals surface area contributed by atoms with Crippen molar-refractivity contribution in [3.8, 4) is 0 Å². The van der Waals surface area contributed by atoms with Gasteiger partial charge in [-0.15, -0.1) is 0 Å². The summed E-state index contributed by atoms with van der Waals surface area (Å²) in [6, 6.07) is 0. The summed E-state index contributed by atoms with van der Waals surface area (Å²) >= 11 is 0. The summed E-state index contributed by atoms with van der Waals surface area (Å²) in [6.45, 7) is 3.07. The van der Waals surface area contributed by atoms with Gasteiger partial charge in [0.1, 0.15) is 0 Å². The van der Waals surface area contributed by atoms with E-state index in [1.807, 2.05) is 0 Å². The van der Waals surface area contributed by atoms with Crippen LogP contribution in [0, 0.1) is 10.8 Å². The van der Waals surface area contributed by atoms with Gasteiger partial charge in [0, 0.05) is 13.0 Å². The molecular formula is C7H17N3O6P2. The van der Waals surface area contributed by atoms with Gasteiger partial charge in [0.25, 0.3) is 0 Å². The zero-order valence-electron chi connectivity index (χ0n) is 9.94. The molecule has 0 spiro atoms. The molecule has 9 nitrogen and oxygen atoms in total. The third-order valence-electron chi connectivity index (χ3n) is 2.96. The van der Waals surface area contributed by atoms with E-state index in [1.165, 1.54) is 0 Å². The molecule has 18 heavy (non-hydrogen) atoms. The second kappa shape index (κ2) is 4.03. The highest BCUT2D eigenvalue weighted by molar-refractivity contribution is 7.72. The van der Waals surface area contributed by atoms with Crippen molar-refractivity contribution in [1.82, 2.24) is 4.90 Å². The van der Waals surface area contributed by atoms with Crippen molar-refractivity contribution < 1.29 is 28.7 Å². The number of hydrogen-bond donors (Lipinski definition) is 6. The Balaban J connectivity index is 3.57. The molecule has 106 valence electrons. The fourth-order valence-corrected chi connectivity index (χ4v) is 5.93. The zero-order valence-corrected chi connectivity index (χ0v) is 11.7. The summed E-state index contributed by atoms with van der Waals surface area (Å²) in [4.78, 5) is 38.1. The van der Waals surface area contributed by atoms with Crippen molar-refractivity contribution in [2.24, 2.45) is 11.1 Å². The average molecular weight is 301 g/mol. The molecule has 0 radical (unpaired) electrons. The Bertz CT molecular complexity index is 444. The van der Waals surface area contributed by atoms with Gasteiger partial charge in [-0.3, -0.25) is 14.5 Å². The average Bonchev–Trinajstić information content (AvgIpc) is 2.36. The van der Waals surface area contributed by atoms with Crippen LogP contribution in [-0.2, 0) is 9.13 Å². The molecule has 0 atom stereocenters. The normalized spacial score (nSPS) is 23.1. The molecule has 0 bridgehead atoms. The van der Waals surface area contributed by atoms with Crippen LogP contribution < -0.4 is 5.73 Å². The summed E-state index contributed by atoms with van der Waals surface area (Å²) in [5.41, 5.74) is 4.43. The maximum absolute atomic E-state index is 11.6. The van der Waals surface area contributed by atoms with Crippen molar-refractivity contribution >= 4 is 21.2 Å². The van der Waals surface area contributed by atoms with E-state index < -0.39 is 38.0 Å². The SMILES string of the molecule is CC1(C)CN(C(=N)N)C(P(=O)(O)O)(P(=O)(O)O)C1. The van der Waals surface area contributed by atoms with Crippen LogP contribution in [0.5, 0.6) is 0 Å². The first-order valence-corrected chi connectivity index (χ1v) is 8.20. The predicted molar refractivity (Wildman–Crippen MR) is 63.8 cm³/mol. The minimum Gasteiger partial charge on any atom is -0.370 e. The van der Waals surface area contributed by atoms with Gasteiger partial charge >= 0.3 is 15.2 Å². The van der Waals surface area contributed by atoms with Crippen LogP contribution in [0.4, 0.5) is 0 Å². The van der Waals surface area contributed by atoms with Crippen LogP contribution in [0.15, 0.2) is 0 Å². The summed E-state index contributed by atoms with van der Waals surface area (Å²) in [5.74, 6) is -0.771. The molecule has 0 unspecified atom stereocenters. The Morgan fingerprint density at radius 1 is 1.22 bits per heavy atom. The summed E-state index contributed by atoms with van der Waals surface area (Å²) in [5, 5.41) is 4.56. The highest BCUT2D eigenvalue weighted by Gasteiger charge is 2.70. The van der Waals surface area contributed by atoms with Crippen molar-refractivity contribution in [3.63, 3.8) is 0 Å². The zero-order chi connectivity index (χ0) is 14.6. The Morgan fingerprint density at radius 3 is 1.83 bits per heavy atom. The molecule has 7 N–H and O–H groups in total. The minimum atomic E-state index is -5.21. The summed E-state index contributed by atoms with van der Waals surface area (Å²) < 4.78 is 23.2. The first-order chi connectivity index (χ1) is 7.75. The van der Waals surface area contributed by atoms with Gasteiger partial charge in [0.05, 0.1) is 0 Å². The maximum atomic E-state index is 11.6. The second-order valence-corrected chi connectivity index (χ2v) is 9.18. The number of nitrogens with two attached hydrogens (primary N) is 1. The highest BCUT2D eigenvalue weighted by atomic mass is 31.2. The van der Waals surface area contributed by atoms with Crippen LogP contribution in [0.25, 0.3) is 0 Å². The first-order valence-electron chi connectivity index (χ1n) is 4.98. The van der Waals surface area contributed by atoms with Gasteiger partial charge in [-0.1, -0.05) is 13.8 Å². The Labute approximate surface area is 104 Å². The smallest absolute Gasteiger partial charge is 0.363 e. The third-order valence-corrected chi connectivity index (χ3v) is 7.19. The Hall–Kier alpha value is -0.430. The lowest BCUT2D eigenvalue weighted by atomic mass is 9.93. The first kappa shape index (κ1) is 15.6. The topological polar surface area (TPSA) is 168 Å². The number of hydrogen-bond acceptors (Lipinski definition) is 3. The number of likely N-dealkylation sites (tertiary alicyclic amines) is 1. The van der Waals surface area contributed by atoms with Gasteiger partial charge in [-0.2, -0.15) is 0 Å². The fourth-order valence-electron chi connectivity index (χ4n) is 2.32. The van der Waals surface area contributed by atoms with Crippen molar-refractivity contribution in [1.29, 1.82) is 5.41 Å². The Kier molecular flexibility index (Phi) is 3.50. The van der Waals surface area contributed by atoms with E-state index in [0.717, 1.165) is 0 Å². The molecule has 1 aliphatic heterocycles. The van der Waals surface area contributed by atoms with Crippen molar-refractivity contribution in [3.05, 3.63) is 0 Å². The van der Waals surface area contributed by atoms with E-state index in [4.69, 9.17) is 11.1 Å². The van der Waals surface area contributed by atoms with E-state index in [-0.39, 0.29) is 6.54 Å². The molecule has 1 fully saturated rings. The van der Waals surface area contributed by atoms with Gasteiger partial charge in [-0.05, 0) is 5.41 Å². The Morgan fingerprint density at radius 2 is 1.61 bits per heavy atom. The van der Waals surface area contributed by atoms with E-state index in [2.05, 4.69) is 0 Å². The van der Waals surface area contributed by atoms with Gasteiger partial charge in [0.15, 0.2) is 5.96 Å². The van der Waals surface area contributed by atoms with E-state index in [9.17, 15) is 28.7 Å². The predicted octanol–water partition coefficient (Wildman–Crippen LogP) is -0.379. The molecule has 1 aliphatic rings. The lowest BCUT2D eigenvalue weighted by Gasteiger charge is -2.38. The molecule has 1 saturated heterocycles. The summed E-state index contributed by atoms with van der Waals surface area (Å²) in [7, 11) is -10.4. The van der Waals surface area contributed by atoms with E-state index >= 15 is 0 Å². The molecule has 0 amide bonds. The van der Waals surface area contributed by atoms with Crippen LogP contribution in [-0.4, -0.2) is 42.0 Å². The van der Waals surface area contributed by atoms with Crippen LogP contribution >= 0.6 is 15.2 Å². The number of nitrogens with zero attached hydrogens (tertiary/aromatic N) is 1. The number of nitrogens with one attached hydrogen (secondary N) is 1. The molecule has 0 saturated carbocycles. The largest absolute Gasteiger partial charge is 0.370 e. The minimum absolute atomic E-state index is 0.113. The van der Waals surface area contributed by atoms with E-state index in [0.29, 0.717) is 4.90 Å². The standard InChI is InChI=1S/C7H17N3O6P2/c1-6(2)3-7(17(11,12)13,18(14,15)16)10(4-6)5(8)9/h3-4H2,1-2H3,(H3,8,9)(H2,11,12,13)(H2,14,15,16). The second-order valence-electron chi connectivity index (χ2n) is 5.17.